The van der Waals surface area contributed by atoms with Crippen molar-refractivity contribution in [2.75, 3.05) is 19.6 Å². The fourth-order valence-electron chi connectivity index (χ4n) is 3.40. The number of nitrogens with zero attached hydrogens (tertiary/aromatic N) is 3. The Morgan fingerprint density at radius 1 is 1.12 bits per heavy atom. The van der Waals surface area contributed by atoms with Crippen LogP contribution < -0.4 is 5.32 Å². The zero-order valence-electron chi connectivity index (χ0n) is 14.8. The quantitative estimate of drug-likeness (QED) is 0.905. The molecule has 25 heavy (non-hydrogen) atoms. The first-order valence-electron chi connectivity index (χ1n) is 9.11. The fourth-order valence-corrected chi connectivity index (χ4v) is 3.40. The lowest BCUT2D eigenvalue weighted by Gasteiger charge is -2.21. The zero-order chi connectivity index (χ0) is 17.6. The largest absolute Gasteiger partial charge is 0.356 e. The molecule has 2 heterocycles. The maximum atomic E-state index is 12.8. The number of carbonyl (C=O) groups is 2. The van der Waals surface area contributed by atoms with Crippen LogP contribution in [-0.4, -0.2) is 45.9 Å². The standard InChI is InChI=1S/C19H26N4O2/c1-15(24)20-11-10-18-21-16-8-4-5-9-17(16)23(18)14-19(25)22-12-6-2-3-7-13-22/h4-5,8-9H,2-3,6-7,10-14H2,1H3,(H,20,24). The molecule has 1 aromatic carbocycles. The van der Waals surface area contributed by atoms with Crippen molar-refractivity contribution in [2.24, 2.45) is 0 Å². The van der Waals surface area contributed by atoms with Crippen LogP contribution in [0.3, 0.4) is 0 Å². The Hall–Kier alpha value is -2.37. The molecule has 1 saturated heterocycles. The van der Waals surface area contributed by atoms with Crippen LogP contribution in [0.5, 0.6) is 0 Å². The first kappa shape index (κ1) is 17.5. The molecule has 1 aliphatic rings. The van der Waals surface area contributed by atoms with Gasteiger partial charge >= 0.3 is 0 Å². The third kappa shape index (κ3) is 4.38. The topological polar surface area (TPSA) is 67.2 Å². The molecule has 0 unspecified atom stereocenters. The summed E-state index contributed by atoms with van der Waals surface area (Å²) in [5, 5.41) is 2.80. The number of carbonyl (C=O) groups excluding carboxylic acids is 2. The van der Waals surface area contributed by atoms with Gasteiger partial charge in [0, 0.05) is 33.0 Å². The van der Waals surface area contributed by atoms with E-state index in [1.807, 2.05) is 33.7 Å². The van der Waals surface area contributed by atoms with Crippen molar-refractivity contribution in [1.29, 1.82) is 0 Å². The van der Waals surface area contributed by atoms with E-state index < -0.39 is 0 Å². The summed E-state index contributed by atoms with van der Waals surface area (Å²) in [4.78, 5) is 30.6. The van der Waals surface area contributed by atoms with E-state index in [1.54, 1.807) is 0 Å². The van der Waals surface area contributed by atoms with Crippen LogP contribution in [0.4, 0.5) is 0 Å². The van der Waals surface area contributed by atoms with Crippen LogP contribution in [0.1, 0.15) is 38.4 Å². The van der Waals surface area contributed by atoms with Crippen molar-refractivity contribution in [2.45, 2.75) is 45.6 Å². The van der Waals surface area contributed by atoms with E-state index in [1.165, 1.54) is 19.8 Å². The molecule has 1 aromatic heterocycles. The zero-order valence-corrected chi connectivity index (χ0v) is 14.8. The van der Waals surface area contributed by atoms with Crippen LogP contribution >= 0.6 is 0 Å². The third-order valence-electron chi connectivity index (χ3n) is 4.71. The first-order chi connectivity index (χ1) is 12.1. The second-order valence-electron chi connectivity index (χ2n) is 6.63. The molecule has 0 aliphatic carbocycles. The molecule has 0 atom stereocenters. The Labute approximate surface area is 148 Å². The van der Waals surface area contributed by atoms with Crippen LogP contribution in [0, 0.1) is 0 Å². The SMILES string of the molecule is CC(=O)NCCc1nc2ccccc2n1CC(=O)N1CCCCCC1. The molecule has 3 rings (SSSR count). The fraction of sp³-hybridized carbons (Fsp3) is 0.526. The molecule has 134 valence electrons. The summed E-state index contributed by atoms with van der Waals surface area (Å²) in [7, 11) is 0. The number of fused-ring (bicyclic) bond motifs is 1. The lowest BCUT2D eigenvalue weighted by Crippen LogP contribution is -2.35. The normalized spacial score (nSPS) is 15.2. The summed E-state index contributed by atoms with van der Waals surface area (Å²) in [6.07, 6.45) is 5.21. The Kier molecular flexibility index (Phi) is 5.68. The molecule has 0 radical (unpaired) electrons. The second kappa shape index (κ2) is 8.14. The summed E-state index contributed by atoms with van der Waals surface area (Å²) in [5.74, 6) is 0.951. The van der Waals surface area contributed by atoms with Crippen molar-refractivity contribution in [1.82, 2.24) is 19.8 Å². The summed E-state index contributed by atoms with van der Waals surface area (Å²) < 4.78 is 2.00. The Morgan fingerprint density at radius 3 is 2.56 bits per heavy atom. The number of nitrogens with one attached hydrogen (secondary N) is 1. The molecule has 1 N–H and O–H groups in total. The Bertz CT molecular complexity index is 745. The number of likely N-dealkylation sites (tertiary alicyclic amines) is 1. The lowest BCUT2D eigenvalue weighted by atomic mass is 10.2. The van der Waals surface area contributed by atoms with E-state index in [2.05, 4.69) is 10.3 Å². The second-order valence-corrected chi connectivity index (χ2v) is 6.63. The molecular weight excluding hydrogens is 316 g/mol. The molecular formula is C19H26N4O2. The summed E-state index contributed by atoms with van der Waals surface area (Å²) in [5.41, 5.74) is 1.87. The van der Waals surface area contributed by atoms with E-state index in [0.29, 0.717) is 19.5 Å². The van der Waals surface area contributed by atoms with Crippen molar-refractivity contribution in [3.8, 4) is 0 Å². The highest BCUT2D eigenvalue weighted by Crippen LogP contribution is 2.18. The molecule has 0 spiro atoms. The van der Waals surface area contributed by atoms with Gasteiger partial charge in [0.1, 0.15) is 12.4 Å². The highest BCUT2D eigenvalue weighted by Gasteiger charge is 2.19. The van der Waals surface area contributed by atoms with Gasteiger partial charge in [0.15, 0.2) is 0 Å². The lowest BCUT2D eigenvalue weighted by molar-refractivity contribution is -0.131. The number of para-hydroxylation sites is 2. The van der Waals surface area contributed by atoms with Crippen LogP contribution in [0.25, 0.3) is 11.0 Å². The molecule has 2 aromatic rings. The molecule has 1 fully saturated rings. The van der Waals surface area contributed by atoms with Gasteiger partial charge < -0.3 is 14.8 Å². The van der Waals surface area contributed by atoms with Gasteiger partial charge in [-0.2, -0.15) is 0 Å². The van der Waals surface area contributed by atoms with Crippen molar-refractivity contribution in [3.05, 3.63) is 30.1 Å². The number of benzene rings is 1. The minimum absolute atomic E-state index is 0.0525. The van der Waals surface area contributed by atoms with Crippen LogP contribution in [-0.2, 0) is 22.6 Å². The monoisotopic (exact) mass is 342 g/mol. The molecule has 6 nitrogen and oxygen atoms in total. The smallest absolute Gasteiger partial charge is 0.242 e. The van der Waals surface area contributed by atoms with Gasteiger partial charge in [-0.05, 0) is 25.0 Å². The Morgan fingerprint density at radius 2 is 1.84 bits per heavy atom. The van der Waals surface area contributed by atoms with Crippen LogP contribution in [0.2, 0.25) is 0 Å². The molecule has 0 bridgehead atoms. The number of hydrogen-bond acceptors (Lipinski definition) is 3. The average molecular weight is 342 g/mol. The van der Waals surface area contributed by atoms with E-state index in [4.69, 9.17) is 0 Å². The van der Waals surface area contributed by atoms with Gasteiger partial charge in [-0.25, -0.2) is 4.98 Å². The minimum atomic E-state index is -0.0525. The number of imidazole rings is 1. The van der Waals surface area contributed by atoms with Gasteiger partial charge in [-0.15, -0.1) is 0 Å². The van der Waals surface area contributed by atoms with Crippen molar-refractivity contribution in [3.63, 3.8) is 0 Å². The minimum Gasteiger partial charge on any atom is -0.356 e. The van der Waals surface area contributed by atoms with E-state index in [0.717, 1.165) is 42.8 Å². The van der Waals surface area contributed by atoms with Gasteiger partial charge in [0.2, 0.25) is 11.8 Å². The maximum absolute atomic E-state index is 12.8. The van der Waals surface area contributed by atoms with E-state index in [-0.39, 0.29) is 11.8 Å². The molecule has 1 aliphatic heterocycles. The number of rotatable bonds is 5. The number of hydrogen-bond donors (Lipinski definition) is 1. The highest BCUT2D eigenvalue weighted by molar-refractivity contribution is 5.81. The maximum Gasteiger partial charge on any atom is 0.242 e. The predicted molar refractivity (Wildman–Crippen MR) is 97.2 cm³/mol. The third-order valence-corrected chi connectivity index (χ3v) is 4.71. The van der Waals surface area contributed by atoms with Gasteiger partial charge in [-0.3, -0.25) is 9.59 Å². The molecule has 0 saturated carbocycles. The van der Waals surface area contributed by atoms with Gasteiger partial charge in [0.05, 0.1) is 11.0 Å². The van der Waals surface area contributed by atoms with E-state index in [9.17, 15) is 9.59 Å². The summed E-state index contributed by atoms with van der Waals surface area (Å²) in [6.45, 7) is 4.05. The average Bonchev–Trinajstić information content (AvgIpc) is 2.77. The first-order valence-corrected chi connectivity index (χ1v) is 9.11. The number of aromatic nitrogens is 2. The van der Waals surface area contributed by atoms with Gasteiger partial charge in [-0.1, -0.05) is 25.0 Å². The highest BCUT2D eigenvalue weighted by atomic mass is 16.2. The number of amides is 2. The van der Waals surface area contributed by atoms with Crippen LogP contribution in [0.15, 0.2) is 24.3 Å². The Balaban J connectivity index is 1.80. The summed E-state index contributed by atoms with van der Waals surface area (Å²) >= 11 is 0. The van der Waals surface area contributed by atoms with E-state index >= 15 is 0 Å². The molecule has 2 amide bonds. The molecule has 6 heteroatoms. The van der Waals surface area contributed by atoms with Crippen molar-refractivity contribution >= 4 is 22.8 Å². The van der Waals surface area contributed by atoms with Crippen molar-refractivity contribution < 1.29 is 9.59 Å². The predicted octanol–water partition coefficient (Wildman–Crippen LogP) is 2.12. The summed E-state index contributed by atoms with van der Waals surface area (Å²) in [6, 6.07) is 7.88. The van der Waals surface area contributed by atoms with Gasteiger partial charge in [0.25, 0.3) is 0 Å².